The molecule has 0 spiro atoms. The summed E-state index contributed by atoms with van der Waals surface area (Å²) < 4.78 is 5.67. The molecule has 0 amide bonds. The smallest absolute Gasteiger partial charge is 0.0623 e. The van der Waals surface area contributed by atoms with E-state index in [1.165, 1.54) is 51.7 Å². The van der Waals surface area contributed by atoms with E-state index in [-0.39, 0.29) is 0 Å². The molecular weight excluding hydrogens is 250 g/mol. The van der Waals surface area contributed by atoms with Crippen LogP contribution in [-0.4, -0.2) is 62.4 Å². The van der Waals surface area contributed by atoms with Crippen molar-refractivity contribution >= 4 is 0 Å². The van der Waals surface area contributed by atoms with Gasteiger partial charge in [0, 0.05) is 31.2 Å². The standard InChI is InChI=1S/C16H31N3O/c1-2-19-9-4-5-13(11-19)18-15-7-3-6-14(15)16-12-20-10-8-17-16/h13-18H,2-12H2,1H3. The second-order valence-corrected chi connectivity index (χ2v) is 6.74. The van der Waals surface area contributed by atoms with E-state index < -0.39 is 0 Å². The van der Waals surface area contributed by atoms with Gasteiger partial charge in [-0.1, -0.05) is 13.3 Å². The lowest BCUT2D eigenvalue weighted by Gasteiger charge is -2.38. The Morgan fingerprint density at radius 2 is 2.20 bits per heavy atom. The first-order valence-electron chi connectivity index (χ1n) is 8.66. The Bertz CT molecular complexity index is 293. The average Bonchev–Trinajstić information content (AvgIpc) is 2.96. The highest BCUT2D eigenvalue weighted by Crippen LogP contribution is 2.30. The van der Waals surface area contributed by atoms with E-state index in [9.17, 15) is 0 Å². The predicted molar refractivity (Wildman–Crippen MR) is 82.0 cm³/mol. The van der Waals surface area contributed by atoms with Crippen LogP contribution in [0.1, 0.15) is 39.0 Å². The molecule has 3 fully saturated rings. The summed E-state index contributed by atoms with van der Waals surface area (Å²) in [6.45, 7) is 8.84. The van der Waals surface area contributed by atoms with E-state index in [4.69, 9.17) is 4.74 Å². The van der Waals surface area contributed by atoms with E-state index >= 15 is 0 Å². The molecule has 4 unspecified atom stereocenters. The summed E-state index contributed by atoms with van der Waals surface area (Å²) in [5.74, 6) is 0.771. The number of rotatable bonds is 4. The van der Waals surface area contributed by atoms with Gasteiger partial charge in [-0.25, -0.2) is 0 Å². The number of morpholine rings is 1. The third kappa shape index (κ3) is 3.53. The zero-order valence-corrected chi connectivity index (χ0v) is 12.9. The van der Waals surface area contributed by atoms with Gasteiger partial charge >= 0.3 is 0 Å². The largest absolute Gasteiger partial charge is 0.379 e. The van der Waals surface area contributed by atoms with Gasteiger partial charge in [-0.3, -0.25) is 0 Å². The Morgan fingerprint density at radius 1 is 1.25 bits per heavy atom. The average molecular weight is 281 g/mol. The molecule has 2 saturated heterocycles. The molecule has 20 heavy (non-hydrogen) atoms. The van der Waals surface area contributed by atoms with Gasteiger partial charge in [0.1, 0.15) is 0 Å². The lowest BCUT2D eigenvalue weighted by Crippen LogP contribution is -2.55. The van der Waals surface area contributed by atoms with Gasteiger partial charge < -0.3 is 20.3 Å². The molecule has 1 saturated carbocycles. The molecule has 116 valence electrons. The first kappa shape index (κ1) is 14.8. The molecule has 1 aliphatic carbocycles. The van der Waals surface area contributed by atoms with E-state index in [1.807, 2.05) is 0 Å². The van der Waals surface area contributed by atoms with E-state index in [2.05, 4.69) is 22.5 Å². The zero-order valence-electron chi connectivity index (χ0n) is 12.9. The van der Waals surface area contributed by atoms with Gasteiger partial charge in [-0.2, -0.15) is 0 Å². The molecule has 4 atom stereocenters. The first-order chi connectivity index (χ1) is 9.86. The minimum absolute atomic E-state index is 0.578. The maximum atomic E-state index is 5.67. The summed E-state index contributed by atoms with van der Waals surface area (Å²) in [6, 6.07) is 1.99. The maximum absolute atomic E-state index is 5.67. The zero-order chi connectivity index (χ0) is 13.8. The fourth-order valence-electron chi connectivity index (χ4n) is 4.32. The third-order valence-electron chi connectivity index (χ3n) is 5.44. The van der Waals surface area contributed by atoms with Crippen LogP contribution in [0.4, 0.5) is 0 Å². The second kappa shape index (κ2) is 7.21. The van der Waals surface area contributed by atoms with E-state index in [0.717, 1.165) is 25.7 Å². The molecule has 3 aliphatic rings. The van der Waals surface area contributed by atoms with Crippen molar-refractivity contribution in [2.75, 3.05) is 39.4 Å². The van der Waals surface area contributed by atoms with Crippen molar-refractivity contribution in [1.82, 2.24) is 15.5 Å². The topological polar surface area (TPSA) is 36.5 Å². The highest BCUT2D eigenvalue weighted by Gasteiger charge is 2.36. The fourth-order valence-corrected chi connectivity index (χ4v) is 4.32. The summed E-state index contributed by atoms with van der Waals surface area (Å²) in [6.07, 6.45) is 6.81. The van der Waals surface area contributed by atoms with Gasteiger partial charge in [0.2, 0.25) is 0 Å². The molecule has 0 aromatic carbocycles. The third-order valence-corrected chi connectivity index (χ3v) is 5.44. The maximum Gasteiger partial charge on any atom is 0.0623 e. The molecule has 0 bridgehead atoms. The Labute approximate surface area is 123 Å². The van der Waals surface area contributed by atoms with Crippen LogP contribution in [0.3, 0.4) is 0 Å². The van der Waals surface area contributed by atoms with Crippen LogP contribution in [0.25, 0.3) is 0 Å². The van der Waals surface area contributed by atoms with Gasteiger partial charge in [0.05, 0.1) is 13.2 Å². The quantitative estimate of drug-likeness (QED) is 0.812. The number of nitrogens with one attached hydrogen (secondary N) is 2. The minimum Gasteiger partial charge on any atom is -0.379 e. The molecule has 4 heteroatoms. The number of ether oxygens (including phenoxy) is 1. The number of nitrogens with zero attached hydrogens (tertiary/aromatic N) is 1. The minimum atomic E-state index is 0.578. The SMILES string of the molecule is CCN1CCCC(NC2CCCC2C2COCCN2)C1. The van der Waals surface area contributed by atoms with E-state index in [0.29, 0.717) is 18.1 Å². The highest BCUT2D eigenvalue weighted by atomic mass is 16.5. The van der Waals surface area contributed by atoms with Crippen molar-refractivity contribution in [3.05, 3.63) is 0 Å². The highest BCUT2D eigenvalue weighted by molar-refractivity contribution is 4.94. The Hall–Kier alpha value is -0.160. The van der Waals surface area contributed by atoms with Gasteiger partial charge in [-0.15, -0.1) is 0 Å². The molecule has 2 heterocycles. The lowest BCUT2D eigenvalue weighted by atomic mass is 9.92. The number of piperidine rings is 1. The molecule has 0 aromatic heterocycles. The van der Waals surface area contributed by atoms with Crippen molar-refractivity contribution in [3.8, 4) is 0 Å². The predicted octanol–water partition coefficient (Wildman–Crippen LogP) is 1.22. The van der Waals surface area contributed by atoms with Crippen LogP contribution >= 0.6 is 0 Å². The first-order valence-corrected chi connectivity index (χ1v) is 8.66. The van der Waals surface area contributed by atoms with Gasteiger partial charge in [0.15, 0.2) is 0 Å². The molecular formula is C16H31N3O. The summed E-state index contributed by atoms with van der Waals surface area (Å²) in [5, 5.41) is 7.67. The Balaban J connectivity index is 1.52. The molecule has 3 rings (SSSR count). The van der Waals surface area contributed by atoms with Crippen LogP contribution < -0.4 is 10.6 Å². The number of likely N-dealkylation sites (N-methyl/N-ethyl adjacent to an activating group) is 1. The van der Waals surface area contributed by atoms with Crippen LogP contribution in [-0.2, 0) is 4.74 Å². The van der Waals surface area contributed by atoms with Crippen LogP contribution in [0, 0.1) is 5.92 Å². The lowest BCUT2D eigenvalue weighted by molar-refractivity contribution is 0.0504. The van der Waals surface area contributed by atoms with Gasteiger partial charge in [0.25, 0.3) is 0 Å². The number of hydrogen-bond acceptors (Lipinski definition) is 4. The normalized spacial score (nSPS) is 40.0. The molecule has 0 radical (unpaired) electrons. The van der Waals surface area contributed by atoms with Crippen molar-refractivity contribution in [1.29, 1.82) is 0 Å². The molecule has 4 nitrogen and oxygen atoms in total. The molecule has 2 N–H and O–H groups in total. The van der Waals surface area contributed by atoms with Crippen LogP contribution in [0.5, 0.6) is 0 Å². The van der Waals surface area contributed by atoms with Crippen molar-refractivity contribution < 1.29 is 4.74 Å². The fraction of sp³-hybridized carbons (Fsp3) is 1.00. The molecule has 2 aliphatic heterocycles. The molecule has 0 aromatic rings. The number of likely N-dealkylation sites (tertiary alicyclic amines) is 1. The van der Waals surface area contributed by atoms with Crippen molar-refractivity contribution in [2.24, 2.45) is 5.92 Å². The summed E-state index contributed by atoms with van der Waals surface area (Å²) in [5.41, 5.74) is 0. The number of hydrogen-bond donors (Lipinski definition) is 2. The van der Waals surface area contributed by atoms with E-state index in [1.54, 1.807) is 0 Å². The summed E-state index contributed by atoms with van der Waals surface area (Å²) >= 11 is 0. The Kier molecular flexibility index (Phi) is 5.32. The Morgan fingerprint density at radius 3 is 3.00 bits per heavy atom. The van der Waals surface area contributed by atoms with Crippen molar-refractivity contribution in [3.63, 3.8) is 0 Å². The van der Waals surface area contributed by atoms with Gasteiger partial charge in [-0.05, 0) is 44.7 Å². The van der Waals surface area contributed by atoms with Crippen molar-refractivity contribution in [2.45, 2.75) is 57.2 Å². The summed E-state index contributed by atoms with van der Waals surface area (Å²) in [4.78, 5) is 2.59. The van der Waals surface area contributed by atoms with Crippen LogP contribution in [0.15, 0.2) is 0 Å². The monoisotopic (exact) mass is 281 g/mol. The summed E-state index contributed by atoms with van der Waals surface area (Å²) in [7, 11) is 0. The second-order valence-electron chi connectivity index (χ2n) is 6.74. The van der Waals surface area contributed by atoms with Crippen LogP contribution in [0.2, 0.25) is 0 Å².